The summed E-state index contributed by atoms with van der Waals surface area (Å²) in [6, 6.07) is 5.71. The van der Waals surface area contributed by atoms with Crippen molar-refractivity contribution in [3.63, 3.8) is 0 Å². The lowest BCUT2D eigenvalue weighted by atomic mass is 9.85. The normalized spacial score (nSPS) is 20.2. The van der Waals surface area contributed by atoms with E-state index in [2.05, 4.69) is 10.6 Å². The third kappa shape index (κ3) is 5.93. The van der Waals surface area contributed by atoms with Crippen LogP contribution in [0.4, 0.5) is 10.5 Å². The molecule has 0 heterocycles. The Balaban J connectivity index is 1.82. The number of alkyl carbamates (subject to hydrolysis) is 1. The number of carbonyl (C=O) groups is 2. The van der Waals surface area contributed by atoms with E-state index in [4.69, 9.17) is 9.47 Å². The SMILES string of the molecule is COc1cc(NC(=O)[C@H]2CC[C@@H](NC(=O)OC(C)(C)C)CC2)ccc1C. The summed E-state index contributed by atoms with van der Waals surface area (Å²) in [6.07, 6.45) is 2.64. The quantitative estimate of drug-likeness (QED) is 0.848. The van der Waals surface area contributed by atoms with Crippen LogP contribution in [0.3, 0.4) is 0 Å². The zero-order valence-corrected chi connectivity index (χ0v) is 16.3. The van der Waals surface area contributed by atoms with Crippen LogP contribution in [0, 0.1) is 12.8 Å². The van der Waals surface area contributed by atoms with Gasteiger partial charge in [0.25, 0.3) is 0 Å². The van der Waals surface area contributed by atoms with Crippen molar-refractivity contribution < 1.29 is 19.1 Å². The Morgan fingerprint density at radius 2 is 1.77 bits per heavy atom. The van der Waals surface area contributed by atoms with Crippen molar-refractivity contribution in [1.29, 1.82) is 0 Å². The highest BCUT2D eigenvalue weighted by Gasteiger charge is 2.28. The molecule has 1 aromatic rings. The first kappa shape index (κ1) is 20.1. The van der Waals surface area contributed by atoms with Crippen LogP contribution in [-0.2, 0) is 9.53 Å². The molecule has 0 spiro atoms. The largest absolute Gasteiger partial charge is 0.496 e. The molecule has 0 saturated heterocycles. The molecule has 1 fully saturated rings. The first-order valence-corrected chi connectivity index (χ1v) is 9.13. The lowest BCUT2D eigenvalue weighted by Crippen LogP contribution is -2.42. The maximum Gasteiger partial charge on any atom is 0.407 e. The number of anilines is 1. The lowest BCUT2D eigenvalue weighted by Gasteiger charge is -2.29. The van der Waals surface area contributed by atoms with E-state index < -0.39 is 11.7 Å². The second kappa shape index (κ2) is 8.43. The molecule has 1 aromatic carbocycles. The van der Waals surface area contributed by atoms with Crippen molar-refractivity contribution >= 4 is 17.7 Å². The van der Waals surface area contributed by atoms with Crippen LogP contribution in [0.1, 0.15) is 52.0 Å². The van der Waals surface area contributed by atoms with E-state index in [1.165, 1.54) is 0 Å². The van der Waals surface area contributed by atoms with E-state index in [0.717, 1.165) is 42.7 Å². The zero-order chi connectivity index (χ0) is 19.3. The second-order valence-corrected chi connectivity index (χ2v) is 7.87. The first-order chi connectivity index (χ1) is 12.2. The van der Waals surface area contributed by atoms with Gasteiger partial charge in [-0.15, -0.1) is 0 Å². The maximum atomic E-state index is 12.5. The molecule has 6 heteroatoms. The van der Waals surface area contributed by atoms with Crippen LogP contribution >= 0.6 is 0 Å². The number of carbonyl (C=O) groups excluding carboxylic acids is 2. The number of aryl methyl sites for hydroxylation is 1. The van der Waals surface area contributed by atoms with Gasteiger partial charge < -0.3 is 20.1 Å². The molecule has 0 aromatic heterocycles. The van der Waals surface area contributed by atoms with Gasteiger partial charge >= 0.3 is 6.09 Å². The summed E-state index contributed by atoms with van der Waals surface area (Å²) < 4.78 is 10.6. The van der Waals surface area contributed by atoms with Gasteiger partial charge in [-0.2, -0.15) is 0 Å². The summed E-state index contributed by atoms with van der Waals surface area (Å²) in [5.74, 6) is 0.735. The molecule has 144 valence electrons. The van der Waals surface area contributed by atoms with E-state index in [0.29, 0.717) is 0 Å². The van der Waals surface area contributed by atoms with Gasteiger partial charge in [-0.1, -0.05) is 6.07 Å². The summed E-state index contributed by atoms with van der Waals surface area (Å²) in [7, 11) is 1.62. The van der Waals surface area contributed by atoms with Crippen molar-refractivity contribution in [3.05, 3.63) is 23.8 Å². The lowest BCUT2D eigenvalue weighted by molar-refractivity contribution is -0.120. The molecule has 26 heavy (non-hydrogen) atoms. The highest BCUT2D eigenvalue weighted by molar-refractivity contribution is 5.92. The Bertz CT molecular complexity index is 644. The van der Waals surface area contributed by atoms with E-state index in [9.17, 15) is 9.59 Å². The molecule has 1 aliphatic carbocycles. The molecule has 1 aliphatic rings. The highest BCUT2D eigenvalue weighted by atomic mass is 16.6. The van der Waals surface area contributed by atoms with Gasteiger partial charge in [0, 0.05) is 23.7 Å². The Labute approximate surface area is 155 Å². The molecular weight excluding hydrogens is 332 g/mol. The first-order valence-electron chi connectivity index (χ1n) is 9.13. The van der Waals surface area contributed by atoms with Crippen molar-refractivity contribution in [3.8, 4) is 5.75 Å². The van der Waals surface area contributed by atoms with E-state index >= 15 is 0 Å². The third-order valence-electron chi connectivity index (χ3n) is 4.49. The van der Waals surface area contributed by atoms with Gasteiger partial charge in [-0.25, -0.2) is 4.79 Å². The molecule has 0 atom stereocenters. The predicted molar refractivity (Wildman–Crippen MR) is 101 cm³/mol. The van der Waals surface area contributed by atoms with Crippen LogP contribution in [0.2, 0.25) is 0 Å². The number of hydrogen-bond donors (Lipinski definition) is 2. The third-order valence-corrected chi connectivity index (χ3v) is 4.49. The number of nitrogens with one attached hydrogen (secondary N) is 2. The van der Waals surface area contributed by atoms with Crippen LogP contribution in [0.15, 0.2) is 18.2 Å². The van der Waals surface area contributed by atoms with Crippen LogP contribution in [-0.4, -0.2) is 30.8 Å². The Hall–Kier alpha value is -2.24. The van der Waals surface area contributed by atoms with Gasteiger partial charge in [0.2, 0.25) is 5.91 Å². The minimum absolute atomic E-state index is 0.0200. The number of amides is 2. The Morgan fingerprint density at radius 3 is 2.35 bits per heavy atom. The molecular formula is C20H30N2O4. The topological polar surface area (TPSA) is 76.7 Å². The number of benzene rings is 1. The summed E-state index contributed by atoms with van der Waals surface area (Å²) in [5, 5.41) is 5.87. The minimum atomic E-state index is -0.504. The van der Waals surface area contributed by atoms with E-state index in [1.54, 1.807) is 7.11 Å². The monoisotopic (exact) mass is 362 g/mol. The zero-order valence-electron chi connectivity index (χ0n) is 16.3. The van der Waals surface area contributed by atoms with Crippen LogP contribution in [0.25, 0.3) is 0 Å². The molecule has 2 N–H and O–H groups in total. The standard InChI is InChI=1S/C20H30N2O4/c1-13-6-9-16(12-17(13)25-5)21-18(23)14-7-10-15(11-8-14)22-19(24)26-20(2,3)4/h6,9,12,14-15H,7-8,10-11H2,1-5H3,(H,21,23)(H,22,24)/t14-,15+. The second-order valence-electron chi connectivity index (χ2n) is 7.87. The van der Waals surface area contributed by atoms with Crippen molar-refractivity contribution in [2.75, 3.05) is 12.4 Å². The number of rotatable bonds is 4. The smallest absolute Gasteiger partial charge is 0.407 e. The predicted octanol–water partition coefficient (Wildman–Crippen LogP) is 4.03. The number of methoxy groups -OCH3 is 1. The molecule has 6 nitrogen and oxygen atoms in total. The fourth-order valence-corrected chi connectivity index (χ4v) is 3.12. The van der Waals surface area contributed by atoms with Crippen molar-refractivity contribution in [2.24, 2.45) is 5.92 Å². The Kier molecular flexibility index (Phi) is 6.51. The average molecular weight is 362 g/mol. The van der Waals surface area contributed by atoms with Gasteiger partial charge in [0.05, 0.1) is 7.11 Å². The van der Waals surface area contributed by atoms with E-state index in [1.807, 2.05) is 45.9 Å². The van der Waals surface area contributed by atoms with Gasteiger partial charge in [-0.3, -0.25) is 4.79 Å². The summed E-state index contributed by atoms with van der Waals surface area (Å²) in [4.78, 5) is 24.4. The molecule has 0 bridgehead atoms. The minimum Gasteiger partial charge on any atom is -0.496 e. The van der Waals surface area contributed by atoms with Gasteiger partial charge in [0.15, 0.2) is 0 Å². The highest BCUT2D eigenvalue weighted by Crippen LogP contribution is 2.27. The summed E-state index contributed by atoms with van der Waals surface area (Å²) >= 11 is 0. The molecule has 2 rings (SSSR count). The fraction of sp³-hybridized carbons (Fsp3) is 0.600. The fourth-order valence-electron chi connectivity index (χ4n) is 3.12. The van der Waals surface area contributed by atoms with Gasteiger partial charge in [0.1, 0.15) is 11.4 Å². The molecule has 0 aliphatic heterocycles. The van der Waals surface area contributed by atoms with E-state index in [-0.39, 0.29) is 17.9 Å². The summed E-state index contributed by atoms with van der Waals surface area (Å²) in [5.41, 5.74) is 1.27. The van der Waals surface area contributed by atoms with Crippen molar-refractivity contribution in [1.82, 2.24) is 5.32 Å². The molecule has 0 unspecified atom stereocenters. The van der Waals surface area contributed by atoms with Crippen molar-refractivity contribution in [2.45, 2.75) is 65.0 Å². The molecule has 2 amide bonds. The maximum absolute atomic E-state index is 12.5. The van der Waals surface area contributed by atoms with Gasteiger partial charge in [-0.05, 0) is 65.0 Å². The Morgan fingerprint density at radius 1 is 1.12 bits per heavy atom. The summed E-state index contributed by atoms with van der Waals surface area (Å²) in [6.45, 7) is 7.49. The molecule has 0 radical (unpaired) electrons. The molecule has 1 saturated carbocycles. The number of hydrogen-bond acceptors (Lipinski definition) is 4. The number of ether oxygens (including phenoxy) is 2. The van der Waals surface area contributed by atoms with Crippen LogP contribution < -0.4 is 15.4 Å². The van der Waals surface area contributed by atoms with Crippen LogP contribution in [0.5, 0.6) is 5.75 Å². The average Bonchev–Trinajstić information content (AvgIpc) is 2.55.